The van der Waals surface area contributed by atoms with Crippen LogP contribution < -0.4 is 0 Å². The highest BCUT2D eigenvalue weighted by Gasteiger charge is 2.22. The minimum absolute atomic E-state index is 0.190. The molecular formula is C23H31N3O2S. The van der Waals surface area contributed by atoms with Gasteiger partial charge in [-0.1, -0.05) is 37.5 Å². The van der Waals surface area contributed by atoms with Crippen molar-refractivity contribution in [2.24, 2.45) is 0 Å². The lowest BCUT2D eigenvalue weighted by Crippen LogP contribution is -2.39. The third-order valence-electron chi connectivity index (χ3n) is 6.08. The number of benzene rings is 1. The van der Waals surface area contributed by atoms with Crippen LogP contribution in [0.4, 0.5) is 0 Å². The van der Waals surface area contributed by atoms with Gasteiger partial charge in [-0.3, -0.25) is 9.69 Å². The molecule has 1 saturated carbocycles. The Kier molecular flexibility index (Phi) is 6.95. The SMILES string of the molecule is CN(C(=O)Cc1csc(-c2cccc(CN3CCOCC3)c2)n1)C1CCCCC1. The zero-order chi connectivity index (χ0) is 20.1. The van der Waals surface area contributed by atoms with Crippen molar-refractivity contribution in [2.75, 3.05) is 33.4 Å². The Morgan fingerprint density at radius 1 is 1.24 bits per heavy atom. The molecule has 1 aromatic heterocycles. The molecule has 1 amide bonds. The van der Waals surface area contributed by atoms with Gasteiger partial charge >= 0.3 is 0 Å². The van der Waals surface area contributed by atoms with Gasteiger partial charge in [0.05, 0.1) is 25.3 Å². The van der Waals surface area contributed by atoms with Gasteiger partial charge < -0.3 is 9.64 Å². The van der Waals surface area contributed by atoms with Crippen molar-refractivity contribution in [3.63, 3.8) is 0 Å². The van der Waals surface area contributed by atoms with E-state index in [-0.39, 0.29) is 5.91 Å². The number of amides is 1. The van der Waals surface area contributed by atoms with Gasteiger partial charge in [-0.2, -0.15) is 0 Å². The van der Waals surface area contributed by atoms with Crippen molar-refractivity contribution >= 4 is 17.2 Å². The van der Waals surface area contributed by atoms with Crippen LogP contribution in [0.2, 0.25) is 0 Å². The number of thiazole rings is 1. The highest BCUT2D eigenvalue weighted by atomic mass is 32.1. The topological polar surface area (TPSA) is 45.7 Å². The molecule has 2 heterocycles. The number of ether oxygens (including phenoxy) is 1. The van der Waals surface area contributed by atoms with Crippen molar-refractivity contribution in [3.05, 3.63) is 40.9 Å². The minimum atomic E-state index is 0.190. The maximum absolute atomic E-state index is 12.7. The summed E-state index contributed by atoms with van der Waals surface area (Å²) in [5.41, 5.74) is 3.32. The standard InChI is InChI=1S/C23H31N3O2S/c1-25(21-8-3-2-4-9-21)22(27)15-20-17-29-23(24-20)19-7-5-6-18(14-19)16-26-10-12-28-13-11-26/h5-7,14,17,21H,2-4,8-13,15-16H2,1H3. The summed E-state index contributed by atoms with van der Waals surface area (Å²) in [7, 11) is 1.96. The van der Waals surface area contributed by atoms with Crippen LogP contribution in [-0.2, 0) is 22.5 Å². The second-order valence-electron chi connectivity index (χ2n) is 8.21. The largest absolute Gasteiger partial charge is 0.379 e. The van der Waals surface area contributed by atoms with Crippen molar-refractivity contribution in [1.82, 2.24) is 14.8 Å². The first kappa shape index (κ1) is 20.5. The Bertz CT molecular complexity index is 810. The number of hydrogen-bond donors (Lipinski definition) is 0. The number of aromatic nitrogens is 1. The molecule has 156 valence electrons. The second kappa shape index (κ2) is 9.83. The van der Waals surface area contributed by atoms with Gasteiger partial charge in [0.15, 0.2) is 0 Å². The number of likely N-dealkylation sites (N-methyl/N-ethyl adjacent to an activating group) is 1. The minimum Gasteiger partial charge on any atom is -0.379 e. The van der Waals surface area contributed by atoms with E-state index in [0.717, 1.165) is 62.0 Å². The summed E-state index contributed by atoms with van der Waals surface area (Å²) in [6, 6.07) is 9.03. The zero-order valence-electron chi connectivity index (χ0n) is 17.3. The number of carbonyl (C=O) groups excluding carboxylic acids is 1. The Labute approximate surface area is 177 Å². The van der Waals surface area contributed by atoms with E-state index in [4.69, 9.17) is 9.72 Å². The molecule has 1 aromatic carbocycles. The quantitative estimate of drug-likeness (QED) is 0.719. The molecule has 1 saturated heterocycles. The van der Waals surface area contributed by atoms with Crippen LogP contribution >= 0.6 is 11.3 Å². The predicted molar refractivity (Wildman–Crippen MR) is 117 cm³/mol. The summed E-state index contributed by atoms with van der Waals surface area (Å²) in [5, 5.41) is 3.04. The molecule has 2 fully saturated rings. The van der Waals surface area contributed by atoms with Gasteiger partial charge in [-0.25, -0.2) is 4.98 Å². The van der Waals surface area contributed by atoms with E-state index in [2.05, 4.69) is 29.2 Å². The molecular weight excluding hydrogens is 382 g/mol. The summed E-state index contributed by atoms with van der Waals surface area (Å²) < 4.78 is 5.44. The molecule has 1 aliphatic heterocycles. The highest BCUT2D eigenvalue weighted by molar-refractivity contribution is 7.13. The lowest BCUT2D eigenvalue weighted by atomic mass is 9.94. The molecule has 4 rings (SSSR count). The predicted octanol–water partition coefficient (Wildman–Crippen LogP) is 3.98. The Morgan fingerprint density at radius 2 is 2.03 bits per heavy atom. The van der Waals surface area contributed by atoms with Crippen LogP contribution in [0.15, 0.2) is 29.6 Å². The van der Waals surface area contributed by atoms with Gasteiger partial charge in [0.25, 0.3) is 0 Å². The second-order valence-corrected chi connectivity index (χ2v) is 9.06. The summed E-state index contributed by atoms with van der Waals surface area (Å²) >= 11 is 1.63. The van der Waals surface area contributed by atoms with Crippen molar-refractivity contribution in [2.45, 2.75) is 51.1 Å². The number of hydrogen-bond acceptors (Lipinski definition) is 5. The molecule has 5 nitrogen and oxygen atoms in total. The number of carbonyl (C=O) groups is 1. The van der Waals surface area contributed by atoms with Crippen LogP contribution in [0.3, 0.4) is 0 Å². The van der Waals surface area contributed by atoms with Crippen LogP contribution in [0.1, 0.15) is 43.4 Å². The molecule has 2 aliphatic rings. The van der Waals surface area contributed by atoms with Crippen LogP contribution in [0.25, 0.3) is 10.6 Å². The summed E-state index contributed by atoms with van der Waals surface area (Å²) in [4.78, 5) is 21.9. The van der Waals surface area contributed by atoms with Gasteiger partial charge in [-0.15, -0.1) is 11.3 Å². The third kappa shape index (κ3) is 5.44. The first-order valence-electron chi connectivity index (χ1n) is 10.8. The lowest BCUT2D eigenvalue weighted by Gasteiger charge is -2.31. The van der Waals surface area contributed by atoms with Gasteiger partial charge in [0, 0.05) is 43.7 Å². The average molecular weight is 414 g/mol. The molecule has 0 spiro atoms. The molecule has 0 atom stereocenters. The molecule has 0 radical (unpaired) electrons. The van der Waals surface area contributed by atoms with Gasteiger partial charge in [0.2, 0.25) is 5.91 Å². The molecule has 2 aromatic rings. The maximum Gasteiger partial charge on any atom is 0.228 e. The van der Waals surface area contributed by atoms with E-state index in [1.807, 2.05) is 17.3 Å². The van der Waals surface area contributed by atoms with Gasteiger partial charge in [-0.05, 0) is 24.5 Å². The highest BCUT2D eigenvalue weighted by Crippen LogP contribution is 2.26. The van der Waals surface area contributed by atoms with Crippen molar-refractivity contribution in [1.29, 1.82) is 0 Å². The molecule has 0 bridgehead atoms. The number of nitrogens with zero attached hydrogens (tertiary/aromatic N) is 3. The molecule has 1 aliphatic carbocycles. The van der Waals surface area contributed by atoms with E-state index in [1.165, 1.54) is 24.8 Å². The van der Waals surface area contributed by atoms with Crippen molar-refractivity contribution < 1.29 is 9.53 Å². The van der Waals surface area contributed by atoms with E-state index < -0.39 is 0 Å². The smallest absolute Gasteiger partial charge is 0.228 e. The van der Waals surface area contributed by atoms with E-state index in [9.17, 15) is 4.79 Å². The maximum atomic E-state index is 12.7. The monoisotopic (exact) mass is 413 g/mol. The number of rotatable bonds is 6. The van der Waals surface area contributed by atoms with Crippen LogP contribution in [0, 0.1) is 0 Å². The first-order chi connectivity index (χ1) is 14.2. The van der Waals surface area contributed by atoms with Crippen molar-refractivity contribution in [3.8, 4) is 10.6 Å². The molecule has 6 heteroatoms. The normalized spacial score (nSPS) is 18.7. The van der Waals surface area contributed by atoms with E-state index in [0.29, 0.717) is 12.5 Å². The fourth-order valence-electron chi connectivity index (χ4n) is 4.29. The molecule has 29 heavy (non-hydrogen) atoms. The van der Waals surface area contributed by atoms with Crippen LogP contribution in [0.5, 0.6) is 0 Å². The Morgan fingerprint density at radius 3 is 2.83 bits per heavy atom. The average Bonchev–Trinajstić information content (AvgIpc) is 3.23. The Hall–Kier alpha value is -1.76. The molecule has 0 unspecified atom stereocenters. The van der Waals surface area contributed by atoms with Gasteiger partial charge in [0.1, 0.15) is 5.01 Å². The fraction of sp³-hybridized carbons (Fsp3) is 0.565. The lowest BCUT2D eigenvalue weighted by molar-refractivity contribution is -0.131. The Balaban J connectivity index is 1.38. The number of morpholine rings is 1. The summed E-state index contributed by atoms with van der Waals surface area (Å²) in [6.07, 6.45) is 6.46. The van der Waals surface area contributed by atoms with Crippen LogP contribution in [-0.4, -0.2) is 60.1 Å². The first-order valence-corrected chi connectivity index (χ1v) is 11.7. The third-order valence-corrected chi connectivity index (χ3v) is 7.02. The van der Waals surface area contributed by atoms with E-state index in [1.54, 1.807) is 11.3 Å². The molecule has 0 N–H and O–H groups in total. The summed E-state index contributed by atoms with van der Waals surface area (Å²) in [6.45, 7) is 4.56. The zero-order valence-corrected chi connectivity index (χ0v) is 18.1. The fourth-order valence-corrected chi connectivity index (χ4v) is 5.11. The summed E-state index contributed by atoms with van der Waals surface area (Å²) in [5.74, 6) is 0.190. The van der Waals surface area contributed by atoms with E-state index >= 15 is 0 Å².